The molecule has 1 aromatic carbocycles. The molecule has 0 unspecified atom stereocenters. The van der Waals surface area contributed by atoms with Crippen LogP contribution in [0.4, 0.5) is 24.7 Å². The number of nitrogens with zero attached hydrogens (tertiary/aromatic N) is 6. The number of anilines is 2. The van der Waals surface area contributed by atoms with Gasteiger partial charge in [-0.3, -0.25) is 4.79 Å². The number of ether oxygens (including phenoxy) is 1. The summed E-state index contributed by atoms with van der Waals surface area (Å²) in [4.78, 5) is 30.1. The first-order valence-electron chi connectivity index (χ1n) is 14.7. The van der Waals surface area contributed by atoms with E-state index in [-0.39, 0.29) is 18.2 Å². The number of carbonyl (C=O) groups is 1. The smallest absolute Gasteiger partial charge is 0.435 e. The predicted octanol–water partition coefficient (Wildman–Crippen LogP) is 7.35. The van der Waals surface area contributed by atoms with Gasteiger partial charge in [-0.2, -0.15) is 18.3 Å². The van der Waals surface area contributed by atoms with E-state index in [2.05, 4.69) is 30.7 Å². The van der Waals surface area contributed by atoms with Crippen LogP contribution in [0.5, 0.6) is 5.88 Å². The van der Waals surface area contributed by atoms with Crippen molar-refractivity contribution in [2.75, 3.05) is 17.7 Å². The molecule has 1 aliphatic rings. The van der Waals surface area contributed by atoms with Crippen LogP contribution in [0.25, 0.3) is 17.1 Å². The van der Waals surface area contributed by atoms with Gasteiger partial charge >= 0.3 is 6.18 Å². The Morgan fingerprint density at radius 3 is 2.32 bits per heavy atom. The standard InChI is InChI=1S/C27H27F3N8O2.2C2H6/c1-4-21(39)35-19-13-32-25(22-23(17-7-8-17)33-14-34-26(22)40-3)36-24(19)31-12-16-5-9-18(10-6-16)38-15(2)11-20(37-38)27(28,29)30;2*1-2/h5-6,9-11,13-14,17H,4,7-8,12H2,1-3H3,(H,35,39)(H,31,32,36);2*1-2H3. The number of hydrogen-bond donors (Lipinski definition) is 2. The van der Waals surface area contributed by atoms with Gasteiger partial charge in [0.25, 0.3) is 0 Å². The fourth-order valence-corrected chi connectivity index (χ4v) is 4.20. The number of carbonyl (C=O) groups excluding carboxylic acids is 1. The second kappa shape index (κ2) is 15.3. The van der Waals surface area contributed by atoms with E-state index in [0.717, 1.165) is 30.2 Å². The Labute approximate surface area is 255 Å². The van der Waals surface area contributed by atoms with Gasteiger partial charge in [-0.05, 0) is 43.5 Å². The van der Waals surface area contributed by atoms with E-state index in [1.807, 2.05) is 27.7 Å². The Kier molecular flexibility index (Phi) is 11.8. The molecular formula is C31H39F3N8O2. The number of aromatic nitrogens is 6. The summed E-state index contributed by atoms with van der Waals surface area (Å²) < 4.78 is 45.9. The van der Waals surface area contributed by atoms with Crippen molar-refractivity contribution < 1.29 is 22.7 Å². The van der Waals surface area contributed by atoms with E-state index >= 15 is 0 Å². The van der Waals surface area contributed by atoms with Crippen molar-refractivity contribution in [3.63, 3.8) is 0 Å². The van der Waals surface area contributed by atoms with Crippen LogP contribution in [-0.4, -0.2) is 42.7 Å². The molecule has 0 bridgehead atoms. The number of alkyl halides is 3. The van der Waals surface area contributed by atoms with Gasteiger partial charge in [-0.1, -0.05) is 46.8 Å². The fraction of sp³-hybridized carbons (Fsp3) is 0.419. The fourth-order valence-electron chi connectivity index (χ4n) is 4.20. The third-order valence-electron chi connectivity index (χ3n) is 6.43. The summed E-state index contributed by atoms with van der Waals surface area (Å²) in [7, 11) is 1.52. The van der Waals surface area contributed by atoms with Crippen LogP contribution in [-0.2, 0) is 17.5 Å². The minimum atomic E-state index is -4.52. The topological polar surface area (TPSA) is 120 Å². The van der Waals surface area contributed by atoms with E-state index in [4.69, 9.17) is 9.72 Å². The molecule has 2 N–H and O–H groups in total. The minimum Gasteiger partial charge on any atom is -0.480 e. The summed E-state index contributed by atoms with van der Waals surface area (Å²) >= 11 is 0. The summed E-state index contributed by atoms with van der Waals surface area (Å²) in [5.41, 5.74) is 2.60. The van der Waals surface area contributed by atoms with Crippen molar-refractivity contribution in [1.29, 1.82) is 0 Å². The van der Waals surface area contributed by atoms with Gasteiger partial charge in [0.1, 0.15) is 17.6 Å². The molecule has 0 saturated heterocycles. The molecule has 13 heteroatoms. The van der Waals surface area contributed by atoms with Crippen molar-refractivity contribution in [2.45, 2.75) is 79.4 Å². The van der Waals surface area contributed by atoms with Gasteiger partial charge in [0, 0.05) is 24.6 Å². The maximum Gasteiger partial charge on any atom is 0.435 e. The number of aryl methyl sites for hydroxylation is 1. The average Bonchev–Trinajstić information content (AvgIpc) is 3.82. The molecule has 0 aliphatic heterocycles. The predicted molar refractivity (Wildman–Crippen MR) is 164 cm³/mol. The highest BCUT2D eigenvalue weighted by atomic mass is 19.4. The monoisotopic (exact) mass is 612 g/mol. The SMILES string of the molecule is CC.CC.CCC(=O)Nc1cnc(-c2c(OC)ncnc2C2CC2)nc1NCc1ccc(-n2nc(C(F)(F)F)cc2C)cc1. The maximum absolute atomic E-state index is 13.1. The molecule has 10 nitrogen and oxygen atoms in total. The van der Waals surface area contributed by atoms with E-state index in [1.165, 1.54) is 24.3 Å². The maximum atomic E-state index is 13.1. The number of hydrogen-bond acceptors (Lipinski definition) is 8. The summed E-state index contributed by atoms with van der Waals surface area (Å²) in [5.74, 6) is 1.21. The summed E-state index contributed by atoms with van der Waals surface area (Å²) in [6.07, 6.45) is 0.768. The first-order chi connectivity index (χ1) is 21.2. The van der Waals surface area contributed by atoms with E-state index in [9.17, 15) is 18.0 Å². The molecule has 4 aromatic rings. The molecule has 5 rings (SSSR count). The van der Waals surface area contributed by atoms with Crippen LogP contribution in [0.1, 0.15) is 82.4 Å². The Balaban J connectivity index is 0.00000127. The second-order valence-corrected chi connectivity index (χ2v) is 9.38. The van der Waals surface area contributed by atoms with E-state index < -0.39 is 11.9 Å². The number of halogens is 3. The molecule has 1 saturated carbocycles. The van der Waals surface area contributed by atoms with Crippen LogP contribution < -0.4 is 15.4 Å². The van der Waals surface area contributed by atoms with Crippen molar-refractivity contribution in [3.8, 4) is 23.0 Å². The van der Waals surface area contributed by atoms with E-state index in [0.29, 0.717) is 46.7 Å². The van der Waals surface area contributed by atoms with Crippen LogP contribution in [0, 0.1) is 6.92 Å². The highest BCUT2D eigenvalue weighted by molar-refractivity contribution is 5.93. The van der Waals surface area contributed by atoms with Crippen molar-refractivity contribution >= 4 is 17.4 Å². The second-order valence-electron chi connectivity index (χ2n) is 9.38. The van der Waals surface area contributed by atoms with Crippen LogP contribution in [0.2, 0.25) is 0 Å². The van der Waals surface area contributed by atoms with Crippen molar-refractivity contribution in [3.05, 3.63) is 65.5 Å². The highest BCUT2D eigenvalue weighted by Crippen LogP contribution is 2.45. The molecule has 236 valence electrons. The summed E-state index contributed by atoms with van der Waals surface area (Å²) in [6.45, 7) is 11.6. The Bertz CT molecular complexity index is 1530. The zero-order valence-corrected chi connectivity index (χ0v) is 26.1. The third kappa shape index (κ3) is 8.08. The number of amides is 1. The van der Waals surface area contributed by atoms with Gasteiger partial charge in [0.05, 0.1) is 24.7 Å². The van der Waals surface area contributed by atoms with E-state index in [1.54, 1.807) is 38.1 Å². The molecule has 0 spiro atoms. The molecule has 1 aliphatic carbocycles. The Morgan fingerprint density at radius 1 is 1.07 bits per heavy atom. The molecule has 3 heterocycles. The minimum absolute atomic E-state index is 0.198. The largest absolute Gasteiger partial charge is 0.480 e. The number of benzene rings is 1. The number of methoxy groups -OCH3 is 1. The van der Waals surface area contributed by atoms with Gasteiger partial charge in [-0.15, -0.1) is 0 Å². The molecule has 0 radical (unpaired) electrons. The van der Waals surface area contributed by atoms with Gasteiger partial charge in [0.2, 0.25) is 11.8 Å². The third-order valence-corrected chi connectivity index (χ3v) is 6.43. The lowest BCUT2D eigenvalue weighted by Crippen LogP contribution is -2.14. The van der Waals surface area contributed by atoms with Gasteiger partial charge < -0.3 is 15.4 Å². The molecule has 1 amide bonds. The lowest BCUT2D eigenvalue weighted by Gasteiger charge is -2.15. The zero-order valence-electron chi connectivity index (χ0n) is 26.1. The molecule has 44 heavy (non-hydrogen) atoms. The van der Waals surface area contributed by atoms with Crippen molar-refractivity contribution in [2.24, 2.45) is 0 Å². The number of nitrogens with one attached hydrogen (secondary N) is 2. The van der Waals surface area contributed by atoms with Crippen LogP contribution >= 0.6 is 0 Å². The zero-order chi connectivity index (χ0) is 32.4. The number of rotatable bonds is 9. The summed E-state index contributed by atoms with van der Waals surface area (Å²) in [5, 5.41) is 9.76. The normalized spacial score (nSPS) is 12.3. The van der Waals surface area contributed by atoms with Gasteiger partial charge in [-0.25, -0.2) is 24.6 Å². The first-order valence-corrected chi connectivity index (χ1v) is 14.7. The molecule has 0 atom stereocenters. The van der Waals surface area contributed by atoms with Crippen molar-refractivity contribution in [1.82, 2.24) is 29.7 Å². The molecule has 3 aromatic heterocycles. The Hall–Kier alpha value is -4.55. The average molecular weight is 613 g/mol. The summed E-state index contributed by atoms with van der Waals surface area (Å²) in [6, 6.07) is 7.95. The quantitative estimate of drug-likeness (QED) is 0.201. The lowest BCUT2D eigenvalue weighted by molar-refractivity contribution is -0.141. The highest BCUT2D eigenvalue weighted by Gasteiger charge is 2.34. The van der Waals surface area contributed by atoms with Gasteiger partial charge in [0.15, 0.2) is 17.3 Å². The van der Waals surface area contributed by atoms with Crippen LogP contribution in [0.3, 0.4) is 0 Å². The van der Waals surface area contributed by atoms with Crippen LogP contribution in [0.15, 0.2) is 42.9 Å². The molecule has 1 fully saturated rings. The lowest BCUT2D eigenvalue weighted by atomic mass is 10.1. The first kappa shape index (κ1) is 33.9. The molecular weight excluding hydrogens is 573 g/mol. The Morgan fingerprint density at radius 2 is 1.75 bits per heavy atom.